The van der Waals surface area contributed by atoms with E-state index < -0.39 is 5.97 Å². The van der Waals surface area contributed by atoms with Crippen LogP contribution in [0.4, 0.5) is 0 Å². The Morgan fingerprint density at radius 2 is 1.81 bits per heavy atom. The minimum atomic E-state index is -1.08. The molecule has 0 bridgehead atoms. The van der Waals surface area contributed by atoms with Crippen LogP contribution < -0.4 is 0 Å². The molecule has 0 amide bonds. The summed E-state index contributed by atoms with van der Waals surface area (Å²) in [5, 5.41) is 9.76. The SMILES string of the molecule is C=C(C(=O)O)c1cc(-c2ccccc2Cl)c2cccoc1-2. The molecule has 104 valence electrons. The first-order valence-corrected chi connectivity index (χ1v) is 6.65. The molecule has 0 unspecified atom stereocenters. The largest absolute Gasteiger partial charge is 0.478 e. The van der Waals surface area contributed by atoms with E-state index in [2.05, 4.69) is 6.58 Å². The van der Waals surface area contributed by atoms with Crippen LogP contribution in [0, 0.1) is 0 Å². The molecule has 3 nitrogen and oxygen atoms in total. The van der Waals surface area contributed by atoms with E-state index >= 15 is 0 Å². The lowest BCUT2D eigenvalue weighted by Gasteiger charge is -2.05. The van der Waals surface area contributed by atoms with Crippen molar-refractivity contribution in [2.24, 2.45) is 0 Å². The van der Waals surface area contributed by atoms with Crippen molar-refractivity contribution in [3.8, 4) is 22.5 Å². The third-order valence-electron chi connectivity index (χ3n) is 3.34. The van der Waals surface area contributed by atoms with Gasteiger partial charge in [0.05, 0.1) is 11.8 Å². The fraction of sp³-hybridized carbons (Fsp3) is 0. The standard InChI is InChI=1S/C17H11ClO3/c1-10(17(19)20)13-9-14(11-5-2-3-7-15(11)18)12-6-4-8-21-16(12)13/h2-9H,1H2,(H,19,20). The van der Waals surface area contributed by atoms with Crippen LogP contribution in [0.5, 0.6) is 0 Å². The monoisotopic (exact) mass is 298 g/mol. The smallest absolute Gasteiger partial charge is 0.335 e. The zero-order valence-electron chi connectivity index (χ0n) is 11.0. The van der Waals surface area contributed by atoms with Gasteiger partial charge in [-0.1, -0.05) is 36.4 Å². The molecule has 0 atom stereocenters. The molecule has 0 spiro atoms. The van der Waals surface area contributed by atoms with Crippen molar-refractivity contribution in [2.45, 2.75) is 0 Å². The Morgan fingerprint density at radius 3 is 2.52 bits per heavy atom. The van der Waals surface area contributed by atoms with Gasteiger partial charge in [0, 0.05) is 21.7 Å². The van der Waals surface area contributed by atoms with E-state index in [1.807, 2.05) is 24.3 Å². The average molecular weight is 299 g/mol. The van der Waals surface area contributed by atoms with E-state index in [1.54, 1.807) is 18.2 Å². The van der Waals surface area contributed by atoms with Gasteiger partial charge in [0.2, 0.25) is 0 Å². The summed E-state index contributed by atoms with van der Waals surface area (Å²) >= 11 is 6.24. The topological polar surface area (TPSA) is 50.4 Å². The number of hydrogen-bond acceptors (Lipinski definition) is 2. The maximum Gasteiger partial charge on any atom is 0.335 e. The highest BCUT2D eigenvalue weighted by Gasteiger charge is 2.24. The van der Waals surface area contributed by atoms with Gasteiger partial charge in [-0.05, 0) is 29.8 Å². The van der Waals surface area contributed by atoms with Gasteiger partial charge in [-0.2, -0.15) is 0 Å². The van der Waals surface area contributed by atoms with Crippen molar-refractivity contribution in [3.05, 3.63) is 65.9 Å². The number of fused-ring (bicyclic) bond motifs is 1. The Kier molecular flexibility index (Phi) is 3.28. The van der Waals surface area contributed by atoms with Crippen LogP contribution in [-0.4, -0.2) is 11.1 Å². The predicted octanol–water partition coefficient (Wildman–Crippen LogP) is 4.80. The van der Waals surface area contributed by atoms with Gasteiger partial charge in [-0.25, -0.2) is 4.79 Å². The first-order chi connectivity index (χ1) is 10.1. The lowest BCUT2D eigenvalue weighted by molar-refractivity contribution is -0.130. The van der Waals surface area contributed by atoms with Gasteiger partial charge < -0.3 is 9.52 Å². The second kappa shape index (κ2) is 5.11. The van der Waals surface area contributed by atoms with Crippen molar-refractivity contribution in [1.29, 1.82) is 0 Å². The summed E-state index contributed by atoms with van der Waals surface area (Å²) in [5.41, 5.74) is 2.93. The summed E-state index contributed by atoms with van der Waals surface area (Å²) in [5.74, 6) is -0.577. The van der Waals surface area contributed by atoms with Gasteiger partial charge in [-0.15, -0.1) is 0 Å². The van der Waals surface area contributed by atoms with Gasteiger partial charge in [0.15, 0.2) is 0 Å². The number of benzene rings is 1. The highest BCUT2D eigenvalue weighted by Crippen LogP contribution is 2.43. The quantitative estimate of drug-likeness (QED) is 0.706. The lowest BCUT2D eigenvalue weighted by Crippen LogP contribution is -1.97. The number of aliphatic carboxylic acids is 1. The van der Waals surface area contributed by atoms with E-state index in [4.69, 9.17) is 21.1 Å². The molecule has 1 aliphatic heterocycles. The average Bonchev–Trinajstić information content (AvgIpc) is 2.86. The van der Waals surface area contributed by atoms with Crippen LogP contribution >= 0.6 is 11.6 Å². The fourth-order valence-electron chi connectivity index (χ4n) is 2.33. The Hall–Kier alpha value is -2.52. The molecule has 0 radical (unpaired) electrons. The molecule has 0 fully saturated rings. The first kappa shape index (κ1) is 13.5. The van der Waals surface area contributed by atoms with Gasteiger partial charge in [0.25, 0.3) is 0 Å². The minimum absolute atomic E-state index is 0.00625. The molecule has 3 rings (SSSR count). The summed E-state index contributed by atoms with van der Waals surface area (Å²) in [6, 6.07) is 12.8. The molecule has 0 aromatic heterocycles. The van der Waals surface area contributed by atoms with Crippen LogP contribution in [-0.2, 0) is 4.79 Å². The van der Waals surface area contributed by atoms with Crippen LogP contribution in [0.2, 0.25) is 5.02 Å². The molecule has 1 aliphatic carbocycles. The Balaban J connectivity index is 2.28. The van der Waals surface area contributed by atoms with E-state index in [1.165, 1.54) is 6.26 Å². The number of carbonyl (C=O) groups is 1. The first-order valence-electron chi connectivity index (χ1n) is 6.27. The number of carboxylic acids is 1. The molecule has 21 heavy (non-hydrogen) atoms. The third-order valence-corrected chi connectivity index (χ3v) is 3.67. The molecule has 0 saturated heterocycles. The highest BCUT2D eigenvalue weighted by atomic mass is 35.5. The van der Waals surface area contributed by atoms with Gasteiger partial charge in [-0.3, -0.25) is 0 Å². The second-order valence-corrected chi connectivity index (χ2v) is 5.00. The summed E-state index contributed by atoms with van der Waals surface area (Å²) in [6.45, 7) is 3.61. The van der Waals surface area contributed by atoms with E-state index in [0.717, 1.165) is 16.7 Å². The normalized spacial score (nSPS) is 10.7. The summed E-state index contributed by atoms with van der Waals surface area (Å²) < 4.78 is 5.49. The Bertz CT molecular complexity index is 817. The van der Waals surface area contributed by atoms with E-state index in [-0.39, 0.29) is 5.57 Å². The van der Waals surface area contributed by atoms with Gasteiger partial charge in [0.1, 0.15) is 5.76 Å². The van der Waals surface area contributed by atoms with Crippen molar-refractivity contribution in [3.63, 3.8) is 0 Å². The Labute approximate surface area is 126 Å². The number of carboxylic acid groups (broad SMARTS) is 1. The summed E-state index contributed by atoms with van der Waals surface area (Å²) in [6.07, 6.45) is 1.51. The van der Waals surface area contributed by atoms with Crippen LogP contribution in [0.25, 0.3) is 28.0 Å². The van der Waals surface area contributed by atoms with Crippen molar-refractivity contribution < 1.29 is 14.3 Å². The molecule has 1 N–H and O–H groups in total. The second-order valence-electron chi connectivity index (χ2n) is 4.59. The zero-order valence-corrected chi connectivity index (χ0v) is 11.7. The summed E-state index contributed by atoms with van der Waals surface area (Å²) in [7, 11) is 0. The van der Waals surface area contributed by atoms with E-state index in [9.17, 15) is 4.79 Å². The van der Waals surface area contributed by atoms with Crippen molar-refractivity contribution in [2.75, 3.05) is 0 Å². The molecule has 1 aromatic carbocycles. The van der Waals surface area contributed by atoms with E-state index in [0.29, 0.717) is 16.3 Å². The molecule has 2 aliphatic rings. The van der Waals surface area contributed by atoms with Crippen molar-refractivity contribution >= 4 is 23.1 Å². The highest BCUT2D eigenvalue weighted by molar-refractivity contribution is 6.33. The van der Waals surface area contributed by atoms with Crippen LogP contribution in [0.15, 0.2) is 59.7 Å². The van der Waals surface area contributed by atoms with Crippen LogP contribution in [0.1, 0.15) is 5.56 Å². The Morgan fingerprint density at radius 1 is 1.10 bits per heavy atom. The molecular weight excluding hydrogens is 288 g/mol. The number of rotatable bonds is 3. The molecule has 4 heteroatoms. The molecule has 1 heterocycles. The minimum Gasteiger partial charge on any atom is -0.478 e. The van der Waals surface area contributed by atoms with Gasteiger partial charge >= 0.3 is 5.97 Å². The molecular formula is C17H11ClO3. The van der Waals surface area contributed by atoms with Crippen molar-refractivity contribution in [1.82, 2.24) is 0 Å². The zero-order chi connectivity index (χ0) is 15.0. The number of halogens is 1. The molecule has 1 aromatic rings. The van der Waals surface area contributed by atoms with Crippen LogP contribution in [0.3, 0.4) is 0 Å². The maximum absolute atomic E-state index is 11.2. The lowest BCUT2D eigenvalue weighted by atomic mass is 10.0. The third kappa shape index (κ3) is 2.22. The fourth-order valence-corrected chi connectivity index (χ4v) is 2.57. The number of hydrogen-bond donors (Lipinski definition) is 1. The predicted molar refractivity (Wildman–Crippen MR) is 82.4 cm³/mol. The summed E-state index contributed by atoms with van der Waals surface area (Å²) in [4.78, 5) is 11.2. The molecule has 0 saturated carbocycles. The maximum atomic E-state index is 11.2.